The van der Waals surface area contributed by atoms with Gasteiger partial charge in [-0.2, -0.15) is 0 Å². The molecule has 4 aliphatic rings. The molecule has 0 aromatic heterocycles. The Morgan fingerprint density at radius 3 is 3.05 bits per heavy atom. The molecule has 4 heteroatoms. The fourth-order valence-electron chi connectivity index (χ4n) is 4.03. The lowest BCUT2D eigenvalue weighted by Gasteiger charge is -2.45. The van der Waals surface area contributed by atoms with Gasteiger partial charge in [0.15, 0.2) is 0 Å². The summed E-state index contributed by atoms with van der Waals surface area (Å²) in [6, 6.07) is 0. The van der Waals surface area contributed by atoms with E-state index in [-0.39, 0.29) is 17.9 Å². The van der Waals surface area contributed by atoms with Crippen LogP contribution in [0, 0.1) is 17.3 Å². The fourth-order valence-corrected chi connectivity index (χ4v) is 4.03. The molecule has 0 N–H and O–H groups in total. The molecular formula is C17H22O4. The first-order chi connectivity index (χ1) is 10.1. The fraction of sp³-hybridized carbons (Fsp3) is 0.647. The molecule has 114 valence electrons. The van der Waals surface area contributed by atoms with E-state index in [2.05, 4.69) is 6.92 Å². The molecule has 0 aromatic carbocycles. The molecule has 4 rings (SSSR count). The molecule has 3 atom stereocenters. The third kappa shape index (κ3) is 2.03. The molecule has 2 bridgehead atoms. The first kappa shape index (κ1) is 14.4. The zero-order valence-electron chi connectivity index (χ0n) is 12.7. The predicted molar refractivity (Wildman–Crippen MR) is 77.1 cm³/mol. The lowest BCUT2D eigenvalue weighted by molar-refractivity contribution is -0.154. The van der Waals surface area contributed by atoms with Crippen molar-refractivity contribution >= 4 is 11.9 Å². The maximum absolute atomic E-state index is 12.4. The van der Waals surface area contributed by atoms with Crippen LogP contribution in [0.2, 0.25) is 0 Å². The number of carbonyl (C=O) groups excluding carboxylic acids is 2. The predicted octanol–water partition coefficient (Wildman–Crippen LogP) is 3.13. The van der Waals surface area contributed by atoms with Crippen LogP contribution in [0.3, 0.4) is 0 Å². The summed E-state index contributed by atoms with van der Waals surface area (Å²) in [6.07, 6.45) is 8.47. The molecule has 1 saturated carbocycles. The summed E-state index contributed by atoms with van der Waals surface area (Å²) in [5.74, 6) is 0.265. The van der Waals surface area contributed by atoms with Crippen LogP contribution in [-0.2, 0) is 19.1 Å². The Bertz CT molecular complexity index is 531. The number of esters is 2. The van der Waals surface area contributed by atoms with Crippen molar-refractivity contribution < 1.29 is 19.1 Å². The van der Waals surface area contributed by atoms with Crippen LogP contribution in [0.15, 0.2) is 23.5 Å². The standard InChI is InChI=1S/C17H22O4/c1-3-5-6-14-17-8-7-11(10-13(17)16(19)21-14)9-12(17)15(18)20-4-2/h6,10-12H,3-5,7-9H2,1-2H3/b14-6-/t11-,12+,17-/m1/s1. The van der Waals surface area contributed by atoms with Gasteiger partial charge in [-0.05, 0) is 44.6 Å². The van der Waals surface area contributed by atoms with Gasteiger partial charge in [0.05, 0.1) is 17.9 Å². The summed E-state index contributed by atoms with van der Waals surface area (Å²) in [5, 5.41) is 0. The van der Waals surface area contributed by atoms with E-state index in [9.17, 15) is 9.59 Å². The summed E-state index contributed by atoms with van der Waals surface area (Å²) in [4.78, 5) is 24.6. The highest BCUT2D eigenvalue weighted by Crippen LogP contribution is 2.61. The Morgan fingerprint density at radius 1 is 1.52 bits per heavy atom. The Labute approximate surface area is 125 Å². The van der Waals surface area contributed by atoms with Gasteiger partial charge in [0.2, 0.25) is 0 Å². The first-order valence-electron chi connectivity index (χ1n) is 7.95. The molecule has 21 heavy (non-hydrogen) atoms. The van der Waals surface area contributed by atoms with E-state index in [4.69, 9.17) is 9.47 Å². The topological polar surface area (TPSA) is 52.6 Å². The Hall–Kier alpha value is -1.58. The van der Waals surface area contributed by atoms with Gasteiger partial charge in [-0.15, -0.1) is 0 Å². The van der Waals surface area contributed by atoms with Crippen molar-refractivity contribution in [3.8, 4) is 0 Å². The molecule has 1 saturated heterocycles. The number of carbonyl (C=O) groups is 2. The highest BCUT2D eigenvalue weighted by molar-refractivity contribution is 5.97. The minimum Gasteiger partial charge on any atom is -0.466 e. The summed E-state index contributed by atoms with van der Waals surface area (Å²) in [5.41, 5.74) is 0.151. The minimum absolute atomic E-state index is 0.187. The summed E-state index contributed by atoms with van der Waals surface area (Å²) in [7, 11) is 0. The van der Waals surface area contributed by atoms with Crippen LogP contribution < -0.4 is 0 Å². The Balaban J connectivity index is 2.04. The van der Waals surface area contributed by atoms with Gasteiger partial charge in [0, 0.05) is 5.57 Å². The lowest BCUT2D eigenvalue weighted by atomic mass is 9.55. The number of ether oxygens (including phenoxy) is 2. The van der Waals surface area contributed by atoms with Gasteiger partial charge >= 0.3 is 11.9 Å². The molecule has 0 radical (unpaired) electrons. The highest BCUT2D eigenvalue weighted by atomic mass is 16.5. The van der Waals surface area contributed by atoms with Gasteiger partial charge in [-0.3, -0.25) is 4.79 Å². The van der Waals surface area contributed by atoms with E-state index < -0.39 is 5.41 Å². The van der Waals surface area contributed by atoms with Crippen molar-refractivity contribution in [2.75, 3.05) is 6.61 Å². The van der Waals surface area contributed by atoms with Gasteiger partial charge in [0.1, 0.15) is 5.76 Å². The van der Waals surface area contributed by atoms with Crippen molar-refractivity contribution in [1.82, 2.24) is 0 Å². The average Bonchev–Trinajstić information content (AvgIpc) is 2.78. The van der Waals surface area contributed by atoms with Crippen molar-refractivity contribution in [3.63, 3.8) is 0 Å². The average molecular weight is 290 g/mol. The molecule has 2 fully saturated rings. The van der Waals surface area contributed by atoms with Crippen LogP contribution in [0.4, 0.5) is 0 Å². The molecular weight excluding hydrogens is 268 g/mol. The van der Waals surface area contributed by atoms with Crippen molar-refractivity contribution in [2.45, 2.75) is 46.0 Å². The van der Waals surface area contributed by atoms with E-state index in [1.807, 2.05) is 19.1 Å². The van der Waals surface area contributed by atoms with E-state index in [0.717, 1.165) is 32.1 Å². The van der Waals surface area contributed by atoms with Crippen molar-refractivity contribution in [3.05, 3.63) is 23.5 Å². The Morgan fingerprint density at radius 2 is 2.33 bits per heavy atom. The maximum atomic E-state index is 12.4. The van der Waals surface area contributed by atoms with Gasteiger partial charge in [0.25, 0.3) is 0 Å². The molecule has 4 nitrogen and oxygen atoms in total. The molecule has 3 aliphatic carbocycles. The smallest absolute Gasteiger partial charge is 0.339 e. The lowest BCUT2D eigenvalue weighted by Crippen LogP contribution is -2.46. The largest absolute Gasteiger partial charge is 0.466 e. The molecule has 1 aliphatic heterocycles. The second kappa shape index (κ2) is 5.32. The zero-order valence-corrected chi connectivity index (χ0v) is 12.7. The van der Waals surface area contributed by atoms with Crippen LogP contribution in [0.5, 0.6) is 0 Å². The molecule has 0 amide bonds. The van der Waals surface area contributed by atoms with E-state index in [1.54, 1.807) is 0 Å². The van der Waals surface area contributed by atoms with Gasteiger partial charge in [-0.1, -0.05) is 19.4 Å². The van der Waals surface area contributed by atoms with Gasteiger partial charge < -0.3 is 9.47 Å². The van der Waals surface area contributed by atoms with Crippen LogP contribution in [-0.4, -0.2) is 18.5 Å². The number of fused-ring (bicyclic) bond motifs is 2. The van der Waals surface area contributed by atoms with Crippen LogP contribution in [0.1, 0.15) is 46.0 Å². The van der Waals surface area contributed by atoms with E-state index >= 15 is 0 Å². The normalized spacial score (nSPS) is 35.4. The highest BCUT2D eigenvalue weighted by Gasteiger charge is 2.62. The number of unbranched alkanes of at least 4 members (excludes halogenated alkanes) is 1. The Kier molecular flexibility index (Phi) is 3.64. The molecule has 1 heterocycles. The maximum Gasteiger partial charge on any atom is 0.339 e. The second-order valence-electron chi connectivity index (χ2n) is 6.14. The quantitative estimate of drug-likeness (QED) is 0.746. The number of rotatable bonds is 4. The summed E-state index contributed by atoms with van der Waals surface area (Å²) in [6.45, 7) is 4.28. The minimum atomic E-state index is -0.548. The zero-order chi connectivity index (χ0) is 15.0. The monoisotopic (exact) mass is 290 g/mol. The molecule has 1 spiro atoms. The van der Waals surface area contributed by atoms with E-state index in [1.165, 1.54) is 0 Å². The molecule has 0 aromatic rings. The number of cyclic esters (lactones) is 1. The number of hydrogen-bond donors (Lipinski definition) is 0. The van der Waals surface area contributed by atoms with E-state index in [0.29, 0.717) is 23.9 Å². The van der Waals surface area contributed by atoms with Crippen molar-refractivity contribution in [1.29, 1.82) is 0 Å². The second-order valence-corrected chi connectivity index (χ2v) is 6.14. The third-order valence-electron chi connectivity index (χ3n) is 4.98. The summed E-state index contributed by atoms with van der Waals surface area (Å²) < 4.78 is 10.8. The number of allylic oxidation sites excluding steroid dienone is 3. The van der Waals surface area contributed by atoms with Crippen molar-refractivity contribution in [2.24, 2.45) is 17.3 Å². The van der Waals surface area contributed by atoms with Crippen LogP contribution >= 0.6 is 0 Å². The number of hydrogen-bond acceptors (Lipinski definition) is 4. The molecule has 0 unspecified atom stereocenters. The third-order valence-corrected chi connectivity index (χ3v) is 4.98. The van der Waals surface area contributed by atoms with Crippen LogP contribution in [0.25, 0.3) is 0 Å². The van der Waals surface area contributed by atoms with Gasteiger partial charge in [-0.25, -0.2) is 4.79 Å². The SMILES string of the molecule is CCC/C=C1\OC(=O)C2=C[C@@H]3CC[C@@]21[C@H](C(=O)OCC)C3. The first-order valence-corrected chi connectivity index (χ1v) is 7.95. The summed E-state index contributed by atoms with van der Waals surface area (Å²) >= 11 is 0.